The van der Waals surface area contributed by atoms with Crippen molar-refractivity contribution in [2.45, 2.75) is 47.0 Å². The van der Waals surface area contributed by atoms with Gasteiger partial charge in [-0.05, 0) is 48.4 Å². The molecule has 2 heteroatoms. The number of benzene rings is 1. The fourth-order valence-electron chi connectivity index (χ4n) is 2.67. The maximum Gasteiger partial charge on any atom is 0.336 e. The van der Waals surface area contributed by atoms with E-state index in [9.17, 15) is 9.90 Å². The largest absolute Gasteiger partial charge is 0.478 e. The van der Waals surface area contributed by atoms with Gasteiger partial charge in [-0.1, -0.05) is 26.8 Å². The van der Waals surface area contributed by atoms with Crippen molar-refractivity contribution in [3.63, 3.8) is 0 Å². The molecule has 0 aliphatic heterocycles. The van der Waals surface area contributed by atoms with Gasteiger partial charge in [0.05, 0.1) is 5.56 Å². The number of carboxylic acids is 1. The normalized spacial score (nSPS) is 11.6. The number of hydrogen-bond acceptors (Lipinski definition) is 1. The Kier molecular flexibility index (Phi) is 3.13. The second kappa shape index (κ2) is 3.93. The first-order valence-electron chi connectivity index (χ1n) is 5.51. The van der Waals surface area contributed by atoms with Crippen LogP contribution >= 0.6 is 0 Å². The molecule has 0 bridgehead atoms. The molecule has 1 aromatic rings. The summed E-state index contributed by atoms with van der Waals surface area (Å²) >= 11 is 0. The maximum atomic E-state index is 11.2. The summed E-state index contributed by atoms with van der Waals surface area (Å²) in [5, 5.41) is 9.23. The molecule has 0 unspecified atom stereocenters. The van der Waals surface area contributed by atoms with Gasteiger partial charge in [-0.25, -0.2) is 4.79 Å². The Hall–Kier alpha value is -1.31. The molecule has 0 aliphatic carbocycles. The monoisotopic (exact) mass is 220 g/mol. The van der Waals surface area contributed by atoms with Crippen LogP contribution in [0, 0.1) is 20.8 Å². The standard InChI is InChI=1S/C14H20O2/c1-8-7-9(2)12(14(4,5)6)10(3)11(8)13(15)16/h7H,1-6H3,(H,15,16). The highest BCUT2D eigenvalue weighted by molar-refractivity contribution is 5.91. The SMILES string of the molecule is Cc1cc(C)c(C(C)(C)C)c(C)c1C(=O)O. The second-order valence-electron chi connectivity index (χ2n) is 5.44. The number of carbonyl (C=O) groups is 1. The molecule has 1 aromatic carbocycles. The molecule has 16 heavy (non-hydrogen) atoms. The average molecular weight is 220 g/mol. The van der Waals surface area contributed by atoms with E-state index < -0.39 is 5.97 Å². The van der Waals surface area contributed by atoms with Crippen molar-refractivity contribution in [3.8, 4) is 0 Å². The van der Waals surface area contributed by atoms with Crippen LogP contribution in [-0.2, 0) is 5.41 Å². The molecule has 0 aromatic heterocycles. The third-order valence-electron chi connectivity index (χ3n) is 2.94. The molecule has 0 saturated heterocycles. The molecule has 0 aliphatic rings. The van der Waals surface area contributed by atoms with Crippen LogP contribution in [0.1, 0.15) is 53.4 Å². The van der Waals surface area contributed by atoms with E-state index in [0.29, 0.717) is 5.56 Å². The molecular formula is C14H20O2. The van der Waals surface area contributed by atoms with Crippen LogP contribution in [0.4, 0.5) is 0 Å². The van der Waals surface area contributed by atoms with Crippen LogP contribution < -0.4 is 0 Å². The molecule has 1 N–H and O–H groups in total. The number of rotatable bonds is 1. The lowest BCUT2D eigenvalue weighted by Crippen LogP contribution is -2.18. The van der Waals surface area contributed by atoms with Crippen molar-refractivity contribution in [2.75, 3.05) is 0 Å². The fraction of sp³-hybridized carbons (Fsp3) is 0.500. The molecule has 0 heterocycles. The highest BCUT2D eigenvalue weighted by Gasteiger charge is 2.23. The molecule has 0 radical (unpaired) electrons. The highest BCUT2D eigenvalue weighted by atomic mass is 16.4. The minimum absolute atomic E-state index is 0.0218. The van der Waals surface area contributed by atoms with Gasteiger partial charge in [0, 0.05) is 0 Å². The number of aryl methyl sites for hydroxylation is 2. The summed E-state index contributed by atoms with van der Waals surface area (Å²) in [4.78, 5) is 11.2. The van der Waals surface area contributed by atoms with E-state index in [1.807, 2.05) is 26.8 Å². The van der Waals surface area contributed by atoms with Gasteiger partial charge in [0.15, 0.2) is 0 Å². The van der Waals surface area contributed by atoms with Gasteiger partial charge in [-0.15, -0.1) is 0 Å². The Morgan fingerprint density at radius 1 is 1.12 bits per heavy atom. The lowest BCUT2D eigenvalue weighted by Gasteiger charge is -2.26. The van der Waals surface area contributed by atoms with Crippen molar-refractivity contribution in [1.29, 1.82) is 0 Å². The number of hydrogen-bond donors (Lipinski definition) is 1. The Morgan fingerprint density at radius 3 is 2.00 bits per heavy atom. The zero-order valence-electron chi connectivity index (χ0n) is 10.9. The quantitative estimate of drug-likeness (QED) is 0.785. The lowest BCUT2D eigenvalue weighted by atomic mass is 9.78. The number of aromatic carboxylic acids is 1. The summed E-state index contributed by atoms with van der Waals surface area (Å²) < 4.78 is 0. The predicted octanol–water partition coefficient (Wildman–Crippen LogP) is 3.61. The highest BCUT2D eigenvalue weighted by Crippen LogP contribution is 2.32. The van der Waals surface area contributed by atoms with E-state index in [2.05, 4.69) is 20.8 Å². The van der Waals surface area contributed by atoms with Crippen molar-refractivity contribution in [1.82, 2.24) is 0 Å². The molecule has 0 spiro atoms. The molecule has 0 saturated carbocycles. The Labute approximate surface area is 97.3 Å². The van der Waals surface area contributed by atoms with Crippen LogP contribution in [0.5, 0.6) is 0 Å². The van der Waals surface area contributed by atoms with Gasteiger partial charge in [0.1, 0.15) is 0 Å². The summed E-state index contributed by atoms with van der Waals surface area (Å²) in [7, 11) is 0. The zero-order chi connectivity index (χ0) is 12.7. The van der Waals surface area contributed by atoms with E-state index in [4.69, 9.17) is 0 Å². The van der Waals surface area contributed by atoms with Crippen molar-refractivity contribution in [2.24, 2.45) is 0 Å². The van der Waals surface area contributed by atoms with Gasteiger partial charge in [-0.2, -0.15) is 0 Å². The van der Waals surface area contributed by atoms with Crippen molar-refractivity contribution >= 4 is 5.97 Å². The second-order valence-corrected chi connectivity index (χ2v) is 5.44. The van der Waals surface area contributed by atoms with Gasteiger partial charge in [0.2, 0.25) is 0 Å². The van der Waals surface area contributed by atoms with Crippen LogP contribution in [0.25, 0.3) is 0 Å². The molecule has 1 rings (SSSR count). The maximum absolute atomic E-state index is 11.2. The Balaban J connectivity index is 3.65. The summed E-state index contributed by atoms with van der Waals surface area (Å²) in [6.45, 7) is 12.2. The van der Waals surface area contributed by atoms with Crippen molar-refractivity contribution in [3.05, 3.63) is 33.9 Å². The smallest absolute Gasteiger partial charge is 0.336 e. The Bertz CT molecular complexity index is 437. The third kappa shape index (κ3) is 2.11. The number of carboxylic acid groups (broad SMARTS) is 1. The van der Waals surface area contributed by atoms with E-state index in [0.717, 1.165) is 16.7 Å². The molecule has 0 fully saturated rings. The van der Waals surface area contributed by atoms with Crippen LogP contribution in [-0.4, -0.2) is 11.1 Å². The summed E-state index contributed by atoms with van der Waals surface area (Å²) in [6, 6.07) is 1.97. The van der Waals surface area contributed by atoms with E-state index in [-0.39, 0.29) is 5.41 Å². The summed E-state index contributed by atoms with van der Waals surface area (Å²) in [6.07, 6.45) is 0. The van der Waals surface area contributed by atoms with Crippen molar-refractivity contribution < 1.29 is 9.90 Å². The lowest BCUT2D eigenvalue weighted by molar-refractivity contribution is 0.0695. The topological polar surface area (TPSA) is 37.3 Å². The molecular weight excluding hydrogens is 200 g/mol. The van der Waals surface area contributed by atoms with E-state index >= 15 is 0 Å². The molecule has 88 valence electrons. The van der Waals surface area contributed by atoms with E-state index in [1.165, 1.54) is 5.56 Å². The first-order valence-corrected chi connectivity index (χ1v) is 5.51. The molecule has 0 amide bonds. The van der Waals surface area contributed by atoms with E-state index in [1.54, 1.807) is 0 Å². The van der Waals surface area contributed by atoms with Gasteiger partial charge in [-0.3, -0.25) is 0 Å². The predicted molar refractivity (Wildman–Crippen MR) is 66.3 cm³/mol. The summed E-state index contributed by atoms with van der Waals surface area (Å²) in [5.41, 5.74) is 4.50. The fourth-order valence-corrected chi connectivity index (χ4v) is 2.67. The molecule has 2 nitrogen and oxygen atoms in total. The Morgan fingerprint density at radius 2 is 1.62 bits per heavy atom. The third-order valence-corrected chi connectivity index (χ3v) is 2.94. The average Bonchev–Trinajstić information content (AvgIpc) is 1.97. The minimum atomic E-state index is -0.833. The zero-order valence-corrected chi connectivity index (χ0v) is 10.9. The van der Waals surface area contributed by atoms with Gasteiger partial charge in [0.25, 0.3) is 0 Å². The first kappa shape index (κ1) is 12.8. The van der Waals surface area contributed by atoms with Crippen LogP contribution in [0.3, 0.4) is 0 Å². The van der Waals surface area contributed by atoms with Gasteiger partial charge >= 0.3 is 5.97 Å². The minimum Gasteiger partial charge on any atom is -0.478 e. The van der Waals surface area contributed by atoms with Crippen LogP contribution in [0.15, 0.2) is 6.07 Å². The first-order chi connectivity index (χ1) is 7.16. The molecule has 0 atom stereocenters. The van der Waals surface area contributed by atoms with Gasteiger partial charge < -0.3 is 5.11 Å². The van der Waals surface area contributed by atoms with Crippen LogP contribution in [0.2, 0.25) is 0 Å². The summed E-state index contributed by atoms with van der Waals surface area (Å²) in [5.74, 6) is -0.833.